The maximum absolute atomic E-state index is 10.1. The van der Waals surface area contributed by atoms with E-state index in [9.17, 15) is 10.2 Å². The topological polar surface area (TPSA) is 61.7 Å². The van der Waals surface area contributed by atoms with E-state index in [4.69, 9.17) is 4.74 Å². The first-order chi connectivity index (χ1) is 10.1. The number of phenols is 1. The van der Waals surface area contributed by atoms with Gasteiger partial charge in [-0.05, 0) is 36.8 Å². The van der Waals surface area contributed by atoms with Gasteiger partial charge in [0.05, 0.1) is 6.10 Å². The molecular weight excluding hydrogens is 266 g/mol. The van der Waals surface area contributed by atoms with Crippen molar-refractivity contribution in [3.05, 3.63) is 60.2 Å². The van der Waals surface area contributed by atoms with Crippen LogP contribution in [0.5, 0.6) is 11.5 Å². The third-order valence-corrected chi connectivity index (χ3v) is 3.18. The number of rotatable bonds is 7. The van der Waals surface area contributed by atoms with Gasteiger partial charge in [0.2, 0.25) is 0 Å². The third kappa shape index (κ3) is 5.10. The van der Waals surface area contributed by atoms with E-state index in [1.165, 1.54) is 0 Å². The van der Waals surface area contributed by atoms with Gasteiger partial charge < -0.3 is 20.3 Å². The van der Waals surface area contributed by atoms with Gasteiger partial charge in [0, 0.05) is 12.6 Å². The van der Waals surface area contributed by atoms with Crippen molar-refractivity contribution in [2.24, 2.45) is 0 Å². The number of benzene rings is 2. The molecular formula is C17H21NO3. The fourth-order valence-corrected chi connectivity index (χ4v) is 1.92. The molecule has 0 saturated heterocycles. The van der Waals surface area contributed by atoms with E-state index in [0.717, 1.165) is 11.3 Å². The van der Waals surface area contributed by atoms with Crippen LogP contribution in [0, 0.1) is 0 Å². The molecule has 0 fully saturated rings. The largest absolute Gasteiger partial charge is 0.508 e. The third-order valence-electron chi connectivity index (χ3n) is 3.18. The van der Waals surface area contributed by atoms with Crippen molar-refractivity contribution in [3.63, 3.8) is 0 Å². The monoisotopic (exact) mass is 287 g/mol. The van der Waals surface area contributed by atoms with Crippen LogP contribution in [0.15, 0.2) is 54.6 Å². The number of ether oxygens (including phenoxy) is 1. The van der Waals surface area contributed by atoms with E-state index in [0.29, 0.717) is 13.2 Å². The zero-order valence-corrected chi connectivity index (χ0v) is 12.1. The van der Waals surface area contributed by atoms with Crippen molar-refractivity contribution in [2.45, 2.75) is 19.1 Å². The van der Waals surface area contributed by atoms with Crippen LogP contribution in [-0.4, -0.2) is 29.4 Å². The molecule has 2 aromatic rings. The van der Waals surface area contributed by atoms with Gasteiger partial charge >= 0.3 is 0 Å². The number of hydrogen-bond acceptors (Lipinski definition) is 4. The summed E-state index contributed by atoms with van der Waals surface area (Å²) in [6.07, 6.45) is -0.607. The molecule has 0 bridgehead atoms. The van der Waals surface area contributed by atoms with Crippen LogP contribution < -0.4 is 10.1 Å². The highest BCUT2D eigenvalue weighted by Crippen LogP contribution is 2.16. The summed E-state index contributed by atoms with van der Waals surface area (Å²) in [6, 6.07) is 16.3. The molecule has 2 atom stereocenters. The quantitative estimate of drug-likeness (QED) is 0.732. The lowest BCUT2D eigenvalue weighted by atomic mass is 10.1. The Hall–Kier alpha value is -2.04. The molecule has 0 radical (unpaired) electrons. The summed E-state index contributed by atoms with van der Waals surface area (Å²) < 4.78 is 5.64. The average Bonchev–Trinajstić information content (AvgIpc) is 2.52. The normalized spacial score (nSPS) is 13.6. The van der Waals surface area contributed by atoms with Crippen LogP contribution in [0.1, 0.15) is 18.6 Å². The van der Waals surface area contributed by atoms with Crippen molar-refractivity contribution < 1.29 is 14.9 Å². The van der Waals surface area contributed by atoms with Gasteiger partial charge in [-0.2, -0.15) is 0 Å². The summed E-state index contributed by atoms with van der Waals surface area (Å²) in [6.45, 7) is 2.98. The molecule has 3 N–H and O–H groups in total. The zero-order valence-electron chi connectivity index (χ0n) is 12.1. The average molecular weight is 287 g/mol. The fourth-order valence-electron chi connectivity index (χ4n) is 1.92. The second-order valence-electron chi connectivity index (χ2n) is 5.04. The Morgan fingerprint density at radius 3 is 2.38 bits per heavy atom. The van der Waals surface area contributed by atoms with Gasteiger partial charge in [0.15, 0.2) is 0 Å². The molecule has 0 spiro atoms. The lowest BCUT2D eigenvalue weighted by Crippen LogP contribution is -2.34. The molecule has 2 rings (SSSR count). The van der Waals surface area contributed by atoms with E-state index in [1.54, 1.807) is 24.3 Å². The van der Waals surface area contributed by atoms with E-state index in [-0.39, 0.29) is 11.8 Å². The Morgan fingerprint density at radius 2 is 1.71 bits per heavy atom. The Balaban J connectivity index is 1.73. The number of para-hydroxylation sites is 1. The molecule has 0 aliphatic carbocycles. The molecule has 0 aromatic heterocycles. The fraction of sp³-hybridized carbons (Fsp3) is 0.294. The highest BCUT2D eigenvalue weighted by atomic mass is 16.5. The summed E-state index contributed by atoms with van der Waals surface area (Å²) in [7, 11) is 0. The minimum Gasteiger partial charge on any atom is -0.508 e. The molecule has 0 amide bonds. The van der Waals surface area contributed by atoms with Gasteiger partial charge in [-0.15, -0.1) is 0 Å². The molecule has 0 unspecified atom stereocenters. The first kappa shape index (κ1) is 15.4. The lowest BCUT2D eigenvalue weighted by molar-refractivity contribution is 0.163. The van der Waals surface area contributed by atoms with E-state index in [2.05, 4.69) is 5.32 Å². The Kier molecular flexibility index (Phi) is 5.60. The maximum Gasteiger partial charge on any atom is 0.119 e. The number of aliphatic hydroxyl groups excluding tert-OH is 1. The summed E-state index contributed by atoms with van der Waals surface area (Å²) >= 11 is 0. The van der Waals surface area contributed by atoms with Crippen molar-refractivity contribution in [3.8, 4) is 11.5 Å². The molecule has 4 heteroatoms. The van der Waals surface area contributed by atoms with Gasteiger partial charge in [0.1, 0.15) is 18.1 Å². The second-order valence-corrected chi connectivity index (χ2v) is 5.04. The van der Waals surface area contributed by atoms with Gasteiger partial charge in [-0.1, -0.05) is 30.3 Å². The molecule has 4 nitrogen and oxygen atoms in total. The van der Waals surface area contributed by atoms with Gasteiger partial charge in [-0.3, -0.25) is 0 Å². The number of aliphatic hydroxyl groups is 1. The highest BCUT2D eigenvalue weighted by molar-refractivity contribution is 5.27. The molecule has 0 aliphatic heterocycles. The first-order valence-corrected chi connectivity index (χ1v) is 7.03. The van der Waals surface area contributed by atoms with Crippen LogP contribution in [0.4, 0.5) is 0 Å². The summed E-state index contributed by atoms with van der Waals surface area (Å²) in [4.78, 5) is 0. The number of aromatic hydroxyl groups is 1. The van der Waals surface area contributed by atoms with Crippen LogP contribution in [0.2, 0.25) is 0 Å². The van der Waals surface area contributed by atoms with E-state index in [1.807, 2.05) is 37.3 Å². The maximum atomic E-state index is 10.1. The molecule has 0 aliphatic rings. The first-order valence-electron chi connectivity index (χ1n) is 7.03. The minimum absolute atomic E-state index is 0.122. The lowest BCUT2D eigenvalue weighted by Gasteiger charge is -2.18. The summed E-state index contributed by atoms with van der Waals surface area (Å²) in [5, 5.41) is 22.5. The van der Waals surface area contributed by atoms with Crippen LogP contribution >= 0.6 is 0 Å². The zero-order chi connectivity index (χ0) is 15.1. The van der Waals surface area contributed by atoms with Crippen molar-refractivity contribution in [1.29, 1.82) is 0 Å². The smallest absolute Gasteiger partial charge is 0.119 e. The molecule has 2 aromatic carbocycles. The van der Waals surface area contributed by atoms with Crippen molar-refractivity contribution in [2.75, 3.05) is 13.2 Å². The predicted octanol–water partition coefficient (Wildman–Crippen LogP) is 2.48. The Morgan fingerprint density at radius 1 is 1.05 bits per heavy atom. The van der Waals surface area contributed by atoms with Crippen LogP contribution in [0.3, 0.4) is 0 Å². The van der Waals surface area contributed by atoms with E-state index < -0.39 is 6.10 Å². The standard InChI is InChI=1S/C17H21NO3/c1-13(12-21-16-5-3-2-4-6-16)18-11-17(20)14-7-9-15(19)10-8-14/h2-10,13,17-20H,11-12H2,1H3/t13-,17+/m1/s1. The molecule has 112 valence electrons. The summed E-state index contributed by atoms with van der Waals surface area (Å²) in [5.41, 5.74) is 0.775. The molecule has 0 heterocycles. The second kappa shape index (κ2) is 7.67. The molecule has 21 heavy (non-hydrogen) atoms. The number of nitrogens with one attached hydrogen (secondary N) is 1. The van der Waals surface area contributed by atoms with Gasteiger partial charge in [0.25, 0.3) is 0 Å². The van der Waals surface area contributed by atoms with Crippen molar-refractivity contribution in [1.82, 2.24) is 5.32 Å². The minimum atomic E-state index is -0.607. The Bertz CT molecular complexity index is 527. The number of phenolic OH excluding ortho intramolecular Hbond substituents is 1. The number of hydrogen-bond donors (Lipinski definition) is 3. The highest BCUT2D eigenvalue weighted by Gasteiger charge is 2.10. The van der Waals surface area contributed by atoms with Crippen LogP contribution in [0.25, 0.3) is 0 Å². The van der Waals surface area contributed by atoms with Crippen molar-refractivity contribution >= 4 is 0 Å². The van der Waals surface area contributed by atoms with Gasteiger partial charge in [-0.25, -0.2) is 0 Å². The SMILES string of the molecule is C[C@H](COc1ccccc1)NC[C@H](O)c1ccc(O)cc1. The predicted molar refractivity (Wildman–Crippen MR) is 82.5 cm³/mol. The van der Waals surface area contributed by atoms with Crippen LogP contribution in [-0.2, 0) is 0 Å². The Labute approximate surface area is 125 Å². The van der Waals surface area contributed by atoms with E-state index >= 15 is 0 Å². The summed E-state index contributed by atoms with van der Waals surface area (Å²) in [5.74, 6) is 1.04. The molecule has 0 saturated carbocycles.